The van der Waals surface area contributed by atoms with Crippen LogP contribution in [0.2, 0.25) is 0 Å². The van der Waals surface area contributed by atoms with Gasteiger partial charge in [-0.2, -0.15) is 0 Å². The monoisotopic (exact) mass is 576 g/mol. The molecule has 0 aliphatic rings. The number of fused-ring (bicyclic) bond motifs is 8. The van der Waals surface area contributed by atoms with Gasteiger partial charge in [-0.05, 0) is 51.2 Å². The summed E-state index contributed by atoms with van der Waals surface area (Å²) in [5.41, 5.74) is 5.37. The first-order valence-electron chi connectivity index (χ1n) is 14.9. The lowest BCUT2D eigenvalue weighted by Crippen LogP contribution is -2.00. The lowest BCUT2D eigenvalue weighted by atomic mass is 9.92. The maximum Gasteiger partial charge on any atom is 0.227 e. The van der Waals surface area contributed by atoms with Gasteiger partial charge in [0, 0.05) is 27.6 Å². The molecule has 0 saturated heterocycles. The third-order valence-electron chi connectivity index (χ3n) is 8.33. The van der Waals surface area contributed by atoms with Crippen LogP contribution in [0.25, 0.3) is 89.0 Å². The molecule has 0 aliphatic heterocycles. The van der Waals surface area contributed by atoms with Crippen LogP contribution in [0.5, 0.6) is 0 Å². The lowest BCUT2D eigenvalue weighted by Gasteiger charge is -2.12. The predicted molar refractivity (Wildman–Crippen MR) is 182 cm³/mol. The first kappa shape index (κ1) is 25.3. The molecule has 9 aromatic rings. The Bertz CT molecular complexity index is 2470. The Labute approximate surface area is 258 Å². The molecule has 5 heteroatoms. The van der Waals surface area contributed by atoms with Gasteiger partial charge in [-0.15, -0.1) is 0 Å². The minimum absolute atomic E-state index is 0.614. The van der Waals surface area contributed by atoms with E-state index in [4.69, 9.17) is 24.4 Å². The Morgan fingerprint density at radius 1 is 0.356 bits per heavy atom. The van der Waals surface area contributed by atoms with Crippen molar-refractivity contribution >= 4 is 43.4 Å². The summed E-state index contributed by atoms with van der Waals surface area (Å²) in [6, 6.07) is 49.4. The Hall–Kier alpha value is -6.20. The van der Waals surface area contributed by atoms with Crippen LogP contribution in [0, 0.1) is 0 Å². The lowest BCUT2D eigenvalue weighted by molar-refractivity contribution is 0.623. The van der Waals surface area contributed by atoms with Gasteiger partial charge in [0.25, 0.3) is 0 Å². The largest absolute Gasteiger partial charge is 0.435 e. The maximum atomic E-state index is 6.52. The normalized spacial score (nSPS) is 11.6. The molecule has 0 spiro atoms. The molecule has 0 aliphatic carbocycles. The first-order chi connectivity index (χ1) is 22.3. The summed E-state index contributed by atoms with van der Waals surface area (Å²) in [7, 11) is 0. The van der Waals surface area contributed by atoms with E-state index < -0.39 is 0 Å². The van der Waals surface area contributed by atoms with Crippen LogP contribution in [-0.2, 0) is 0 Å². The molecule has 0 N–H and O–H groups in total. The van der Waals surface area contributed by atoms with Crippen LogP contribution < -0.4 is 0 Å². The first-order valence-corrected chi connectivity index (χ1v) is 14.9. The molecule has 210 valence electrons. The van der Waals surface area contributed by atoms with E-state index in [1.807, 2.05) is 91.0 Å². The highest BCUT2D eigenvalue weighted by atomic mass is 16.3. The highest BCUT2D eigenvalue weighted by Crippen LogP contribution is 2.41. The topological polar surface area (TPSA) is 64.7 Å². The van der Waals surface area contributed by atoms with Crippen molar-refractivity contribution in [3.63, 3.8) is 0 Å². The number of aromatic nitrogens is 4. The van der Waals surface area contributed by atoms with Crippen molar-refractivity contribution in [1.29, 1.82) is 0 Å². The number of hydrogen-bond acceptors (Lipinski definition) is 5. The predicted octanol–water partition coefficient (Wildman–Crippen LogP) is 10.1. The SMILES string of the molecule is c1ccc(-c2nc(-c3ccccc3)nc(-c3ccc4c(c3)c3ccccc3c3ccc5nc(-c6ccccc6)oc5c34)n2)cc1. The molecule has 2 aromatic heterocycles. The summed E-state index contributed by atoms with van der Waals surface area (Å²) in [6.07, 6.45) is 0. The van der Waals surface area contributed by atoms with Gasteiger partial charge in [0.1, 0.15) is 5.52 Å². The van der Waals surface area contributed by atoms with Gasteiger partial charge in [-0.25, -0.2) is 19.9 Å². The van der Waals surface area contributed by atoms with Gasteiger partial charge in [0.15, 0.2) is 23.1 Å². The molecule has 5 nitrogen and oxygen atoms in total. The van der Waals surface area contributed by atoms with Gasteiger partial charge in [-0.1, -0.05) is 121 Å². The van der Waals surface area contributed by atoms with Crippen LogP contribution in [0.1, 0.15) is 0 Å². The zero-order chi connectivity index (χ0) is 29.7. The molecule has 7 aromatic carbocycles. The zero-order valence-corrected chi connectivity index (χ0v) is 24.1. The van der Waals surface area contributed by atoms with Crippen LogP contribution in [-0.4, -0.2) is 19.9 Å². The molecule has 0 saturated carbocycles. The second kappa shape index (κ2) is 10.2. The quantitative estimate of drug-likeness (QED) is 0.195. The Morgan fingerprint density at radius 2 is 0.844 bits per heavy atom. The van der Waals surface area contributed by atoms with Gasteiger partial charge in [0.2, 0.25) is 5.89 Å². The standard InChI is InChI=1S/C40H24N4O/c1-4-12-25(13-5-1)37-42-38(26-14-6-2-7-15-26)44-39(43-37)28-20-21-32-33(24-28)30-19-11-10-18-29(30)31-22-23-34-36(35(31)32)45-40(41-34)27-16-8-3-9-17-27/h1-24H. The minimum atomic E-state index is 0.614. The summed E-state index contributed by atoms with van der Waals surface area (Å²) in [5.74, 6) is 2.51. The fraction of sp³-hybridized carbons (Fsp3) is 0. The van der Waals surface area contributed by atoms with Crippen LogP contribution in [0.15, 0.2) is 150 Å². The molecule has 0 radical (unpaired) electrons. The summed E-state index contributed by atoms with van der Waals surface area (Å²) in [5, 5.41) is 6.69. The molecule has 9 rings (SSSR count). The number of oxazole rings is 1. The van der Waals surface area contributed by atoms with E-state index in [2.05, 4.69) is 54.6 Å². The van der Waals surface area contributed by atoms with Crippen molar-refractivity contribution in [2.75, 3.05) is 0 Å². The highest BCUT2D eigenvalue weighted by molar-refractivity contribution is 6.30. The third-order valence-corrected chi connectivity index (χ3v) is 8.33. The second-order valence-corrected chi connectivity index (χ2v) is 11.1. The molecule has 45 heavy (non-hydrogen) atoms. The van der Waals surface area contributed by atoms with Crippen LogP contribution >= 0.6 is 0 Å². The molecule has 2 heterocycles. The van der Waals surface area contributed by atoms with Crippen molar-refractivity contribution in [2.24, 2.45) is 0 Å². The second-order valence-electron chi connectivity index (χ2n) is 11.1. The van der Waals surface area contributed by atoms with Gasteiger partial charge in [0.05, 0.1) is 0 Å². The molecule has 0 atom stereocenters. The summed E-state index contributed by atoms with van der Waals surface area (Å²) in [4.78, 5) is 19.7. The number of nitrogens with zero attached hydrogens (tertiary/aromatic N) is 4. The van der Waals surface area contributed by atoms with E-state index in [0.717, 1.165) is 65.7 Å². The van der Waals surface area contributed by atoms with E-state index in [9.17, 15) is 0 Å². The summed E-state index contributed by atoms with van der Waals surface area (Å²) < 4.78 is 6.52. The van der Waals surface area contributed by atoms with E-state index in [1.165, 1.54) is 0 Å². The van der Waals surface area contributed by atoms with Crippen LogP contribution in [0.4, 0.5) is 0 Å². The highest BCUT2D eigenvalue weighted by Gasteiger charge is 2.18. The minimum Gasteiger partial charge on any atom is -0.435 e. The average molecular weight is 577 g/mol. The number of rotatable bonds is 4. The number of benzene rings is 7. The van der Waals surface area contributed by atoms with E-state index in [1.54, 1.807) is 0 Å². The van der Waals surface area contributed by atoms with E-state index in [0.29, 0.717) is 23.4 Å². The van der Waals surface area contributed by atoms with Crippen molar-refractivity contribution in [2.45, 2.75) is 0 Å². The summed E-state index contributed by atoms with van der Waals surface area (Å²) >= 11 is 0. The van der Waals surface area contributed by atoms with E-state index in [-0.39, 0.29) is 0 Å². The zero-order valence-electron chi connectivity index (χ0n) is 24.1. The Kier molecular flexibility index (Phi) is 5.74. The van der Waals surface area contributed by atoms with Crippen molar-refractivity contribution in [1.82, 2.24) is 19.9 Å². The summed E-state index contributed by atoms with van der Waals surface area (Å²) in [6.45, 7) is 0. The van der Waals surface area contributed by atoms with Crippen molar-refractivity contribution < 1.29 is 4.42 Å². The number of hydrogen-bond donors (Lipinski definition) is 0. The third kappa shape index (κ3) is 4.25. The fourth-order valence-corrected chi connectivity index (χ4v) is 6.20. The van der Waals surface area contributed by atoms with Gasteiger partial charge in [-0.3, -0.25) is 0 Å². The fourth-order valence-electron chi connectivity index (χ4n) is 6.20. The molecular weight excluding hydrogens is 552 g/mol. The molecule has 0 amide bonds. The molecule has 0 unspecified atom stereocenters. The maximum absolute atomic E-state index is 6.52. The smallest absolute Gasteiger partial charge is 0.227 e. The van der Waals surface area contributed by atoms with E-state index >= 15 is 0 Å². The average Bonchev–Trinajstić information content (AvgIpc) is 3.57. The molecular formula is C40H24N4O. The Balaban J connectivity index is 1.31. The Morgan fingerprint density at radius 3 is 1.47 bits per heavy atom. The van der Waals surface area contributed by atoms with Crippen molar-refractivity contribution in [3.8, 4) is 45.6 Å². The van der Waals surface area contributed by atoms with Gasteiger partial charge >= 0.3 is 0 Å². The molecule has 0 fully saturated rings. The van der Waals surface area contributed by atoms with Crippen molar-refractivity contribution in [3.05, 3.63) is 146 Å². The van der Waals surface area contributed by atoms with Gasteiger partial charge < -0.3 is 4.42 Å². The van der Waals surface area contributed by atoms with Crippen LogP contribution in [0.3, 0.4) is 0 Å². The molecule has 0 bridgehead atoms.